The summed E-state index contributed by atoms with van der Waals surface area (Å²) in [5.74, 6) is 0. The summed E-state index contributed by atoms with van der Waals surface area (Å²) in [7, 11) is 3.02. The molecule has 0 aliphatic rings. The van der Waals surface area contributed by atoms with Crippen molar-refractivity contribution in [3.63, 3.8) is 0 Å². The quantitative estimate of drug-likeness (QED) is 0.625. The van der Waals surface area contributed by atoms with E-state index in [1.54, 1.807) is 0 Å². The second-order valence-corrected chi connectivity index (χ2v) is 8.05. The molecule has 0 fully saturated rings. The molecule has 0 aromatic carbocycles. The summed E-state index contributed by atoms with van der Waals surface area (Å²) in [6.45, 7) is 9.01. The van der Waals surface area contributed by atoms with Gasteiger partial charge in [-0.3, -0.25) is 0 Å². The van der Waals surface area contributed by atoms with E-state index in [1.165, 1.54) is 0 Å². The maximum absolute atomic E-state index is 3.58. The number of nitrogens with zero attached hydrogens (tertiary/aromatic N) is 1. The van der Waals surface area contributed by atoms with Gasteiger partial charge in [-0.05, 0) is 33.2 Å². The minimum atomic E-state index is -1.26. The first-order chi connectivity index (χ1) is 4.36. The van der Waals surface area contributed by atoms with Crippen LogP contribution in [0.15, 0.2) is 0 Å². The van der Waals surface area contributed by atoms with Crippen molar-refractivity contribution >= 4 is 8.40 Å². The van der Waals surface area contributed by atoms with Crippen LogP contribution in [0, 0.1) is 0 Å². The summed E-state index contributed by atoms with van der Waals surface area (Å²) in [6, 6.07) is 0.601. The molecule has 0 bridgehead atoms. The van der Waals surface area contributed by atoms with Crippen LogP contribution in [0.2, 0.25) is 13.1 Å². The van der Waals surface area contributed by atoms with Crippen LogP contribution in [-0.4, -0.2) is 33.1 Å². The molecule has 62 valence electrons. The molecule has 0 atom stereocenters. The van der Waals surface area contributed by atoms with Gasteiger partial charge in [-0.25, -0.2) is 0 Å². The van der Waals surface area contributed by atoms with E-state index in [4.69, 9.17) is 0 Å². The highest BCUT2D eigenvalue weighted by molar-refractivity contribution is 6.72. The van der Waals surface area contributed by atoms with Gasteiger partial charge in [-0.15, -0.1) is 0 Å². The van der Waals surface area contributed by atoms with Crippen molar-refractivity contribution in [1.29, 1.82) is 0 Å². The topological polar surface area (TPSA) is 15.3 Å². The normalized spacial score (nSPS) is 13.2. The molecule has 0 amide bonds. The summed E-state index contributed by atoms with van der Waals surface area (Å²) >= 11 is 0. The number of nitrogens with one attached hydrogen (secondary N) is 1. The van der Waals surface area contributed by atoms with Gasteiger partial charge >= 0.3 is 0 Å². The molecule has 0 rings (SSSR count). The maximum atomic E-state index is 3.58. The van der Waals surface area contributed by atoms with Crippen LogP contribution in [-0.2, 0) is 0 Å². The van der Waals surface area contributed by atoms with Crippen LogP contribution >= 0.6 is 0 Å². The van der Waals surface area contributed by atoms with E-state index in [0.29, 0.717) is 6.04 Å². The van der Waals surface area contributed by atoms with E-state index < -0.39 is 8.40 Å². The minimum absolute atomic E-state index is 0.601. The monoisotopic (exact) mass is 160 g/mol. The van der Waals surface area contributed by atoms with E-state index in [-0.39, 0.29) is 0 Å². The summed E-state index contributed by atoms with van der Waals surface area (Å²) in [5.41, 5.74) is 0. The molecule has 0 aromatic rings. The first-order valence-electron chi connectivity index (χ1n) is 3.81. The van der Waals surface area contributed by atoms with Gasteiger partial charge in [0.05, 0.1) is 0 Å². The van der Waals surface area contributed by atoms with Crippen LogP contribution < -0.4 is 4.98 Å². The lowest BCUT2D eigenvalue weighted by Gasteiger charge is -2.32. The first kappa shape index (κ1) is 10.1. The Morgan fingerprint density at radius 2 is 1.60 bits per heavy atom. The molecule has 3 heteroatoms. The molecule has 1 N–H and O–H groups in total. The Kier molecular flexibility index (Phi) is 3.55. The van der Waals surface area contributed by atoms with Gasteiger partial charge in [-0.1, -0.05) is 13.8 Å². The zero-order valence-electron chi connectivity index (χ0n) is 8.02. The minimum Gasteiger partial charge on any atom is -0.323 e. The Bertz CT molecular complexity index is 99.8. The molecule has 0 saturated heterocycles. The SMILES string of the molecule is CC(C)N[Si](C)(C)N(C)C. The van der Waals surface area contributed by atoms with Gasteiger partial charge in [0.25, 0.3) is 0 Å². The Morgan fingerprint density at radius 3 is 1.70 bits per heavy atom. The Morgan fingerprint density at radius 1 is 1.20 bits per heavy atom. The molecule has 0 saturated carbocycles. The fourth-order valence-electron chi connectivity index (χ4n) is 0.836. The van der Waals surface area contributed by atoms with E-state index in [0.717, 1.165) is 0 Å². The third kappa shape index (κ3) is 3.34. The zero-order valence-corrected chi connectivity index (χ0v) is 9.02. The second kappa shape index (κ2) is 3.51. The fourth-order valence-corrected chi connectivity index (χ4v) is 2.51. The van der Waals surface area contributed by atoms with Gasteiger partial charge in [0.2, 0.25) is 0 Å². The molecular formula is C7H20N2Si. The summed E-state index contributed by atoms with van der Waals surface area (Å²) in [6.07, 6.45) is 0. The van der Waals surface area contributed by atoms with E-state index in [1.807, 2.05) is 0 Å². The Hall–Kier alpha value is 0.137. The Labute approximate surface area is 65.8 Å². The van der Waals surface area contributed by atoms with Crippen molar-refractivity contribution in [3.05, 3.63) is 0 Å². The lowest BCUT2D eigenvalue weighted by atomic mass is 10.4. The number of hydrogen-bond acceptors (Lipinski definition) is 2. The largest absolute Gasteiger partial charge is 0.323 e. The zero-order chi connectivity index (χ0) is 8.36. The molecule has 0 heterocycles. The summed E-state index contributed by atoms with van der Waals surface area (Å²) in [4.78, 5) is 3.58. The van der Waals surface area contributed by atoms with Gasteiger partial charge in [-0.2, -0.15) is 0 Å². The fraction of sp³-hybridized carbons (Fsp3) is 1.00. The highest BCUT2D eigenvalue weighted by atomic mass is 28.3. The average molecular weight is 160 g/mol. The van der Waals surface area contributed by atoms with Crippen LogP contribution in [0.5, 0.6) is 0 Å². The van der Waals surface area contributed by atoms with Crippen molar-refractivity contribution in [2.75, 3.05) is 14.1 Å². The lowest BCUT2D eigenvalue weighted by Crippen LogP contribution is -2.58. The molecule has 2 nitrogen and oxygen atoms in total. The van der Waals surface area contributed by atoms with Gasteiger partial charge in [0.15, 0.2) is 8.40 Å². The molecule has 0 aliphatic heterocycles. The molecule has 0 aromatic heterocycles. The van der Waals surface area contributed by atoms with Crippen molar-refractivity contribution in [3.8, 4) is 0 Å². The van der Waals surface area contributed by atoms with Crippen molar-refractivity contribution in [2.24, 2.45) is 0 Å². The molecule has 0 unspecified atom stereocenters. The van der Waals surface area contributed by atoms with Gasteiger partial charge < -0.3 is 9.55 Å². The van der Waals surface area contributed by atoms with Gasteiger partial charge in [0.1, 0.15) is 0 Å². The third-order valence-corrected chi connectivity index (χ3v) is 5.28. The highest BCUT2D eigenvalue weighted by Gasteiger charge is 2.23. The highest BCUT2D eigenvalue weighted by Crippen LogP contribution is 2.00. The van der Waals surface area contributed by atoms with E-state index in [9.17, 15) is 0 Å². The predicted octanol–water partition coefficient (Wildman–Crippen LogP) is 1.25. The second-order valence-electron chi connectivity index (χ2n) is 3.75. The van der Waals surface area contributed by atoms with Gasteiger partial charge in [0, 0.05) is 0 Å². The molecule has 0 spiro atoms. The smallest absolute Gasteiger partial charge is 0.197 e. The summed E-state index contributed by atoms with van der Waals surface area (Å²) in [5, 5.41) is 0. The van der Waals surface area contributed by atoms with Crippen molar-refractivity contribution in [2.45, 2.75) is 33.0 Å². The van der Waals surface area contributed by atoms with Crippen LogP contribution in [0.4, 0.5) is 0 Å². The van der Waals surface area contributed by atoms with Crippen LogP contribution in [0.3, 0.4) is 0 Å². The van der Waals surface area contributed by atoms with E-state index in [2.05, 4.69) is 50.6 Å². The summed E-state index contributed by atoms with van der Waals surface area (Å²) < 4.78 is 2.31. The van der Waals surface area contributed by atoms with Crippen molar-refractivity contribution < 1.29 is 0 Å². The number of hydrogen-bond donors (Lipinski definition) is 1. The molecular weight excluding hydrogens is 140 g/mol. The third-order valence-electron chi connectivity index (χ3n) is 1.76. The standard InChI is InChI=1S/C7H20N2Si/c1-7(2)8-10(5,6)9(3)4/h7-8H,1-6H3. The maximum Gasteiger partial charge on any atom is 0.197 e. The first-order valence-corrected chi connectivity index (χ1v) is 6.76. The average Bonchev–Trinajstić information content (AvgIpc) is 1.60. The predicted molar refractivity (Wildman–Crippen MR) is 49.4 cm³/mol. The lowest BCUT2D eigenvalue weighted by molar-refractivity contribution is 0.572. The molecule has 10 heavy (non-hydrogen) atoms. The van der Waals surface area contributed by atoms with Crippen molar-refractivity contribution in [1.82, 2.24) is 9.55 Å². The number of rotatable bonds is 3. The molecule has 0 aliphatic carbocycles. The molecule has 0 radical (unpaired) electrons. The van der Waals surface area contributed by atoms with E-state index >= 15 is 0 Å². The van der Waals surface area contributed by atoms with Crippen LogP contribution in [0.25, 0.3) is 0 Å². The van der Waals surface area contributed by atoms with Crippen LogP contribution in [0.1, 0.15) is 13.8 Å². The Balaban J connectivity index is 3.87.